The van der Waals surface area contributed by atoms with Crippen LogP contribution in [0, 0.1) is 6.92 Å². The molecule has 1 aromatic carbocycles. The fourth-order valence-electron chi connectivity index (χ4n) is 4.07. The predicted molar refractivity (Wildman–Crippen MR) is 105 cm³/mol. The van der Waals surface area contributed by atoms with Crippen LogP contribution in [0.25, 0.3) is 27.8 Å². The first-order valence-electron chi connectivity index (χ1n) is 9.28. The number of rotatable bonds is 3. The number of H-pyrrole nitrogens is 1. The normalized spacial score (nSPS) is 15.2. The molecule has 1 aliphatic heterocycles. The van der Waals surface area contributed by atoms with Crippen molar-refractivity contribution in [3.8, 4) is 11.3 Å². The van der Waals surface area contributed by atoms with Gasteiger partial charge in [0.05, 0.1) is 5.69 Å². The molecular weight excluding hydrogens is 322 g/mol. The average Bonchev–Trinajstić information content (AvgIpc) is 3.16. The summed E-state index contributed by atoms with van der Waals surface area (Å²) in [5.41, 5.74) is 8.42. The Labute approximate surface area is 152 Å². The largest absolute Gasteiger partial charge is 0.354 e. The smallest absolute Gasteiger partial charge is 0.158 e. The van der Waals surface area contributed by atoms with Crippen molar-refractivity contribution >= 4 is 16.6 Å². The van der Waals surface area contributed by atoms with Gasteiger partial charge in [-0.3, -0.25) is 0 Å². The monoisotopic (exact) mass is 345 g/mol. The Morgan fingerprint density at radius 1 is 1.19 bits per heavy atom. The van der Waals surface area contributed by atoms with Crippen LogP contribution in [0.1, 0.15) is 42.4 Å². The second kappa shape index (κ2) is 5.68. The Balaban J connectivity index is 1.74. The highest BCUT2D eigenvalue weighted by molar-refractivity contribution is 5.92. The molecule has 1 fully saturated rings. The van der Waals surface area contributed by atoms with E-state index in [4.69, 9.17) is 0 Å². The number of aromatic nitrogens is 4. The first kappa shape index (κ1) is 15.6. The Bertz CT molecular complexity index is 1110. The second-order valence-corrected chi connectivity index (χ2v) is 7.67. The molecule has 4 aromatic rings. The number of fused-ring (bicyclic) bond motifs is 2. The van der Waals surface area contributed by atoms with E-state index >= 15 is 0 Å². The maximum Gasteiger partial charge on any atom is 0.158 e. The van der Waals surface area contributed by atoms with Gasteiger partial charge >= 0.3 is 0 Å². The van der Waals surface area contributed by atoms with E-state index in [1.807, 2.05) is 4.52 Å². The molecule has 3 aromatic heterocycles. The minimum absolute atomic E-state index is 0.431. The molecule has 5 heteroatoms. The molecule has 0 atom stereocenters. The molecule has 0 spiro atoms. The summed E-state index contributed by atoms with van der Waals surface area (Å²) in [6, 6.07) is 9.09. The van der Waals surface area contributed by atoms with Crippen molar-refractivity contribution in [2.75, 3.05) is 13.1 Å². The van der Waals surface area contributed by atoms with E-state index in [1.165, 1.54) is 27.7 Å². The van der Waals surface area contributed by atoms with E-state index in [1.54, 1.807) is 6.33 Å². The summed E-state index contributed by atoms with van der Waals surface area (Å²) in [6.45, 7) is 8.80. The van der Waals surface area contributed by atoms with E-state index in [9.17, 15) is 0 Å². The van der Waals surface area contributed by atoms with Crippen LogP contribution in [0.5, 0.6) is 0 Å². The zero-order valence-electron chi connectivity index (χ0n) is 15.4. The summed E-state index contributed by atoms with van der Waals surface area (Å²) >= 11 is 0. The van der Waals surface area contributed by atoms with Gasteiger partial charge in [-0.1, -0.05) is 19.9 Å². The van der Waals surface area contributed by atoms with Crippen molar-refractivity contribution in [2.45, 2.75) is 32.6 Å². The lowest BCUT2D eigenvalue weighted by Gasteiger charge is -2.27. The minimum Gasteiger partial charge on any atom is -0.354 e. The van der Waals surface area contributed by atoms with Crippen LogP contribution in [0.15, 0.2) is 36.8 Å². The number of aromatic amines is 1. The summed E-state index contributed by atoms with van der Waals surface area (Å²) in [5, 5.41) is 9.05. The third kappa shape index (κ3) is 2.27. The molecule has 0 radical (unpaired) electrons. The molecule has 26 heavy (non-hydrogen) atoms. The fraction of sp³-hybridized carbons (Fsp3) is 0.333. The van der Waals surface area contributed by atoms with Gasteiger partial charge < -0.3 is 10.3 Å². The predicted octanol–water partition coefficient (Wildman–Crippen LogP) is 4.00. The van der Waals surface area contributed by atoms with Gasteiger partial charge in [-0.25, -0.2) is 9.50 Å². The summed E-state index contributed by atoms with van der Waals surface area (Å²) in [4.78, 5) is 8.01. The first-order chi connectivity index (χ1) is 12.6. The molecule has 5 nitrogen and oxygen atoms in total. The summed E-state index contributed by atoms with van der Waals surface area (Å²) in [7, 11) is 0. The standard InChI is InChI=1S/C21H23N5/c1-12(2)19-17-7-14(16-8-22-9-16)4-5-18(17)25-20(19)15-6-13(3)21-23-11-24-26(21)10-15/h4-7,10-12,16,22,25H,8-9H2,1-3H3. The molecule has 2 N–H and O–H groups in total. The number of hydrogen-bond acceptors (Lipinski definition) is 3. The molecule has 4 heterocycles. The lowest BCUT2D eigenvalue weighted by Crippen LogP contribution is -2.39. The van der Waals surface area contributed by atoms with Crippen LogP contribution in [-0.2, 0) is 0 Å². The van der Waals surface area contributed by atoms with Crippen molar-refractivity contribution < 1.29 is 0 Å². The number of aryl methyl sites for hydroxylation is 1. The molecule has 0 amide bonds. The molecule has 0 unspecified atom stereocenters. The third-order valence-corrected chi connectivity index (χ3v) is 5.54. The maximum atomic E-state index is 4.34. The van der Waals surface area contributed by atoms with E-state index in [0.29, 0.717) is 11.8 Å². The van der Waals surface area contributed by atoms with Crippen LogP contribution in [0.3, 0.4) is 0 Å². The van der Waals surface area contributed by atoms with Gasteiger partial charge in [0.15, 0.2) is 5.65 Å². The van der Waals surface area contributed by atoms with Crippen molar-refractivity contribution in [3.63, 3.8) is 0 Å². The summed E-state index contributed by atoms with van der Waals surface area (Å²) < 4.78 is 1.87. The Kier molecular flexibility index (Phi) is 3.40. The maximum absolute atomic E-state index is 4.34. The molecule has 0 saturated carbocycles. The van der Waals surface area contributed by atoms with Gasteiger partial charge in [0.25, 0.3) is 0 Å². The topological polar surface area (TPSA) is 58.0 Å². The number of pyridine rings is 1. The highest BCUT2D eigenvalue weighted by Gasteiger charge is 2.22. The summed E-state index contributed by atoms with van der Waals surface area (Å²) in [6.07, 6.45) is 3.68. The van der Waals surface area contributed by atoms with Crippen LogP contribution < -0.4 is 5.32 Å². The zero-order valence-corrected chi connectivity index (χ0v) is 15.4. The first-order valence-corrected chi connectivity index (χ1v) is 9.28. The third-order valence-electron chi connectivity index (χ3n) is 5.54. The molecule has 5 rings (SSSR count). The second-order valence-electron chi connectivity index (χ2n) is 7.67. The van der Waals surface area contributed by atoms with E-state index in [0.717, 1.165) is 29.9 Å². The molecule has 1 saturated heterocycles. The van der Waals surface area contributed by atoms with Gasteiger partial charge in [0.1, 0.15) is 6.33 Å². The highest BCUT2D eigenvalue weighted by atomic mass is 15.3. The quantitative estimate of drug-likeness (QED) is 0.590. The Morgan fingerprint density at radius 2 is 2.04 bits per heavy atom. The molecule has 0 bridgehead atoms. The zero-order chi connectivity index (χ0) is 17.8. The summed E-state index contributed by atoms with van der Waals surface area (Å²) in [5.74, 6) is 1.08. The Morgan fingerprint density at radius 3 is 2.77 bits per heavy atom. The molecule has 132 valence electrons. The fourth-order valence-corrected chi connectivity index (χ4v) is 4.07. The minimum atomic E-state index is 0.431. The van der Waals surface area contributed by atoms with Crippen molar-refractivity contribution in [1.29, 1.82) is 0 Å². The van der Waals surface area contributed by atoms with Gasteiger partial charge in [0.2, 0.25) is 0 Å². The molecule has 0 aliphatic carbocycles. The lowest BCUT2D eigenvalue weighted by molar-refractivity contribution is 0.449. The highest BCUT2D eigenvalue weighted by Crippen LogP contribution is 2.37. The van der Waals surface area contributed by atoms with E-state index in [2.05, 4.69) is 71.6 Å². The van der Waals surface area contributed by atoms with Crippen LogP contribution in [0.2, 0.25) is 0 Å². The van der Waals surface area contributed by atoms with Crippen LogP contribution >= 0.6 is 0 Å². The molecular formula is C21H23N5. The van der Waals surface area contributed by atoms with Gasteiger partial charge in [-0.2, -0.15) is 5.10 Å². The van der Waals surface area contributed by atoms with Crippen LogP contribution in [-0.4, -0.2) is 32.7 Å². The number of benzene rings is 1. The van der Waals surface area contributed by atoms with Gasteiger partial charge in [-0.15, -0.1) is 0 Å². The average molecular weight is 345 g/mol. The van der Waals surface area contributed by atoms with E-state index < -0.39 is 0 Å². The van der Waals surface area contributed by atoms with Gasteiger partial charge in [-0.05, 0) is 47.7 Å². The SMILES string of the molecule is Cc1cc(-c2[nH]c3ccc(C4CNC4)cc3c2C(C)C)cn2ncnc12. The van der Waals surface area contributed by atoms with Crippen molar-refractivity contribution in [3.05, 3.63) is 53.5 Å². The van der Waals surface area contributed by atoms with Crippen LogP contribution in [0.4, 0.5) is 0 Å². The number of hydrogen-bond donors (Lipinski definition) is 2. The van der Waals surface area contributed by atoms with E-state index in [-0.39, 0.29) is 0 Å². The molecule has 1 aliphatic rings. The van der Waals surface area contributed by atoms with Crippen molar-refractivity contribution in [2.24, 2.45) is 0 Å². The lowest BCUT2D eigenvalue weighted by atomic mass is 9.90. The number of nitrogens with zero attached hydrogens (tertiary/aromatic N) is 3. The number of nitrogens with one attached hydrogen (secondary N) is 2. The Hall–Kier alpha value is -2.66. The van der Waals surface area contributed by atoms with Gasteiger partial charge in [0, 0.05) is 41.7 Å². The van der Waals surface area contributed by atoms with Crippen molar-refractivity contribution in [1.82, 2.24) is 24.9 Å².